The zero-order valence-corrected chi connectivity index (χ0v) is 20.8. The number of aromatic nitrogens is 5. The van der Waals surface area contributed by atoms with Crippen molar-refractivity contribution in [1.29, 1.82) is 0 Å². The molecule has 0 bridgehead atoms. The van der Waals surface area contributed by atoms with E-state index in [0.717, 1.165) is 42.5 Å². The van der Waals surface area contributed by atoms with Crippen LogP contribution in [0.5, 0.6) is 0 Å². The fourth-order valence-corrected chi connectivity index (χ4v) is 5.24. The minimum absolute atomic E-state index is 0.146. The van der Waals surface area contributed by atoms with E-state index in [4.69, 9.17) is 4.98 Å². The summed E-state index contributed by atoms with van der Waals surface area (Å²) in [5, 5.41) is 14.1. The summed E-state index contributed by atoms with van der Waals surface area (Å²) in [5.41, 5.74) is 1.92. The molecule has 1 unspecified atom stereocenters. The normalized spacial score (nSPS) is 15.2. The first kappa shape index (κ1) is 24.8. The number of amides is 2. The van der Waals surface area contributed by atoms with E-state index in [1.807, 2.05) is 17.8 Å². The molecule has 0 saturated carbocycles. The van der Waals surface area contributed by atoms with E-state index < -0.39 is 0 Å². The Morgan fingerprint density at radius 1 is 1.26 bits per heavy atom. The number of hydrogen-bond acceptors (Lipinski definition) is 6. The maximum absolute atomic E-state index is 12.7. The molecular weight excluding hydrogens is 466 g/mol. The molecule has 3 heterocycles. The molecular formula is C24H31N7O3S. The standard InChI is InChI=1S/C24H31N7O3S/c1-3-16(4-2)31-19-8-7-15(12-18(19)27-21(31)13-17-6-5-11-35-17)23(33)26-14-22(32)25-10-9-20-28-24(34)30-29-20/h5,7-8,11-12,16-17H,3-4,6,9-10,13-14H2,1-2H3,(H,25,32)(H,26,33)(H2,28,29,30,34). The Hall–Kier alpha value is -3.34. The largest absolute Gasteiger partial charge is 0.354 e. The van der Waals surface area contributed by atoms with Crippen molar-refractivity contribution in [2.75, 3.05) is 13.1 Å². The van der Waals surface area contributed by atoms with Crippen molar-refractivity contribution in [1.82, 2.24) is 35.4 Å². The Morgan fingerprint density at radius 3 is 2.77 bits per heavy atom. The number of thioether (sulfide) groups is 1. The van der Waals surface area contributed by atoms with Gasteiger partial charge < -0.3 is 15.2 Å². The number of benzene rings is 1. The molecule has 0 fully saturated rings. The average molecular weight is 498 g/mol. The summed E-state index contributed by atoms with van der Waals surface area (Å²) in [4.78, 5) is 43.3. The van der Waals surface area contributed by atoms with Gasteiger partial charge in [0.2, 0.25) is 5.91 Å². The number of fused-ring (bicyclic) bond motifs is 1. The monoisotopic (exact) mass is 497 g/mol. The molecule has 186 valence electrons. The number of carbonyl (C=O) groups excluding carboxylic acids is 2. The van der Waals surface area contributed by atoms with Gasteiger partial charge in [-0.2, -0.15) is 5.10 Å². The SMILES string of the molecule is CCC(CC)n1c(CC2CC=CS2)nc2cc(C(=O)NCC(=O)NCCc3n[nH]c(=O)[nH]3)ccc21. The Bertz CT molecular complexity index is 1260. The van der Waals surface area contributed by atoms with Crippen LogP contribution in [-0.2, 0) is 17.6 Å². The minimum Gasteiger partial charge on any atom is -0.354 e. The molecule has 4 rings (SSSR count). The van der Waals surface area contributed by atoms with Gasteiger partial charge in [-0.25, -0.2) is 14.9 Å². The van der Waals surface area contributed by atoms with Crippen LogP contribution in [0.2, 0.25) is 0 Å². The zero-order valence-electron chi connectivity index (χ0n) is 20.0. The van der Waals surface area contributed by atoms with Gasteiger partial charge in [0.15, 0.2) is 0 Å². The molecule has 1 aliphatic rings. The van der Waals surface area contributed by atoms with Gasteiger partial charge >= 0.3 is 5.69 Å². The van der Waals surface area contributed by atoms with Gasteiger partial charge in [0.05, 0.1) is 17.6 Å². The van der Waals surface area contributed by atoms with Crippen LogP contribution >= 0.6 is 11.8 Å². The van der Waals surface area contributed by atoms with Crippen molar-refractivity contribution in [2.45, 2.75) is 57.2 Å². The first-order valence-electron chi connectivity index (χ1n) is 12.0. The van der Waals surface area contributed by atoms with Crippen LogP contribution in [-0.4, -0.2) is 54.9 Å². The van der Waals surface area contributed by atoms with Crippen LogP contribution in [0.3, 0.4) is 0 Å². The molecule has 1 aliphatic heterocycles. The molecule has 10 nitrogen and oxygen atoms in total. The first-order valence-corrected chi connectivity index (χ1v) is 12.9. The quantitative estimate of drug-likeness (QED) is 0.321. The number of aromatic amines is 2. The number of carbonyl (C=O) groups is 2. The number of H-pyrrole nitrogens is 2. The molecule has 2 aromatic heterocycles. The second-order valence-electron chi connectivity index (χ2n) is 8.55. The third-order valence-electron chi connectivity index (χ3n) is 6.15. The van der Waals surface area contributed by atoms with Gasteiger partial charge in [0, 0.05) is 36.2 Å². The van der Waals surface area contributed by atoms with Crippen LogP contribution in [0.15, 0.2) is 34.5 Å². The summed E-state index contributed by atoms with van der Waals surface area (Å²) < 4.78 is 2.34. The van der Waals surface area contributed by atoms with Crippen LogP contribution < -0.4 is 16.3 Å². The number of imidazole rings is 1. The Labute approximate surface area is 207 Å². The molecule has 2 amide bonds. The minimum atomic E-state index is -0.387. The third kappa shape index (κ3) is 6.02. The predicted octanol–water partition coefficient (Wildman–Crippen LogP) is 2.46. The number of rotatable bonds is 11. The van der Waals surface area contributed by atoms with Crippen LogP contribution in [0.1, 0.15) is 61.2 Å². The van der Waals surface area contributed by atoms with E-state index in [0.29, 0.717) is 35.6 Å². The van der Waals surface area contributed by atoms with Gasteiger partial charge in [0.25, 0.3) is 5.91 Å². The molecule has 0 radical (unpaired) electrons. The second-order valence-corrected chi connectivity index (χ2v) is 9.76. The molecule has 1 aromatic carbocycles. The molecule has 1 atom stereocenters. The zero-order chi connectivity index (χ0) is 24.8. The van der Waals surface area contributed by atoms with Gasteiger partial charge in [-0.05, 0) is 42.9 Å². The Balaban J connectivity index is 1.40. The average Bonchev–Trinajstić information content (AvgIpc) is 3.59. The maximum atomic E-state index is 12.7. The van der Waals surface area contributed by atoms with Crippen molar-refractivity contribution in [2.24, 2.45) is 0 Å². The maximum Gasteiger partial charge on any atom is 0.340 e. The molecule has 35 heavy (non-hydrogen) atoms. The number of nitrogens with zero attached hydrogens (tertiary/aromatic N) is 3. The first-order chi connectivity index (χ1) is 17.0. The summed E-state index contributed by atoms with van der Waals surface area (Å²) >= 11 is 1.85. The molecule has 3 aromatic rings. The lowest BCUT2D eigenvalue weighted by molar-refractivity contribution is -0.120. The molecule has 0 aliphatic carbocycles. The highest BCUT2D eigenvalue weighted by Gasteiger charge is 2.22. The molecule has 0 saturated heterocycles. The Kier molecular flexibility index (Phi) is 8.06. The van der Waals surface area contributed by atoms with E-state index in [2.05, 4.69) is 55.7 Å². The van der Waals surface area contributed by atoms with Gasteiger partial charge in [-0.15, -0.1) is 11.8 Å². The smallest absolute Gasteiger partial charge is 0.340 e. The third-order valence-corrected chi connectivity index (χ3v) is 7.25. The summed E-state index contributed by atoms with van der Waals surface area (Å²) in [6.07, 6.45) is 6.54. The van der Waals surface area contributed by atoms with Crippen molar-refractivity contribution in [3.63, 3.8) is 0 Å². The van der Waals surface area contributed by atoms with Gasteiger partial charge in [0.1, 0.15) is 11.6 Å². The number of nitrogens with one attached hydrogen (secondary N) is 4. The van der Waals surface area contributed by atoms with Gasteiger partial charge in [-0.3, -0.25) is 14.6 Å². The van der Waals surface area contributed by atoms with E-state index in [-0.39, 0.29) is 24.0 Å². The van der Waals surface area contributed by atoms with Crippen LogP contribution in [0.4, 0.5) is 0 Å². The highest BCUT2D eigenvalue weighted by molar-refractivity contribution is 8.03. The molecule has 4 N–H and O–H groups in total. The predicted molar refractivity (Wildman–Crippen MR) is 136 cm³/mol. The summed E-state index contributed by atoms with van der Waals surface area (Å²) in [7, 11) is 0. The van der Waals surface area contributed by atoms with E-state index in [1.165, 1.54) is 0 Å². The highest BCUT2D eigenvalue weighted by Crippen LogP contribution is 2.31. The van der Waals surface area contributed by atoms with Crippen molar-refractivity contribution < 1.29 is 9.59 Å². The van der Waals surface area contributed by atoms with Crippen molar-refractivity contribution in [3.8, 4) is 0 Å². The number of allylic oxidation sites excluding steroid dienone is 1. The second kappa shape index (κ2) is 11.4. The lowest BCUT2D eigenvalue weighted by Gasteiger charge is -2.20. The summed E-state index contributed by atoms with van der Waals surface area (Å²) in [6, 6.07) is 5.92. The van der Waals surface area contributed by atoms with Crippen molar-refractivity contribution in [3.05, 3.63) is 57.4 Å². The fourth-order valence-electron chi connectivity index (χ4n) is 4.33. The summed E-state index contributed by atoms with van der Waals surface area (Å²) in [6.45, 7) is 4.53. The molecule has 0 spiro atoms. The topological polar surface area (TPSA) is 138 Å². The lowest BCUT2D eigenvalue weighted by atomic mass is 10.1. The fraction of sp³-hybridized carbons (Fsp3) is 0.458. The van der Waals surface area contributed by atoms with E-state index in [1.54, 1.807) is 12.1 Å². The van der Waals surface area contributed by atoms with E-state index >= 15 is 0 Å². The number of hydrogen-bond donors (Lipinski definition) is 4. The lowest BCUT2D eigenvalue weighted by Crippen LogP contribution is -2.37. The van der Waals surface area contributed by atoms with Crippen molar-refractivity contribution >= 4 is 34.6 Å². The highest BCUT2D eigenvalue weighted by atomic mass is 32.2. The summed E-state index contributed by atoms with van der Waals surface area (Å²) in [5.74, 6) is 0.876. The van der Waals surface area contributed by atoms with Crippen LogP contribution in [0, 0.1) is 0 Å². The molecule has 11 heteroatoms. The van der Waals surface area contributed by atoms with Gasteiger partial charge in [-0.1, -0.05) is 19.9 Å². The van der Waals surface area contributed by atoms with Crippen LogP contribution in [0.25, 0.3) is 11.0 Å². The van der Waals surface area contributed by atoms with E-state index in [9.17, 15) is 14.4 Å². The Morgan fingerprint density at radius 2 is 2.09 bits per heavy atom.